The van der Waals surface area contributed by atoms with Crippen molar-refractivity contribution < 1.29 is 17.6 Å². The molecule has 1 saturated carbocycles. The first-order valence-corrected chi connectivity index (χ1v) is 14.4. The molecule has 0 bridgehead atoms. The number of aryl methyl sites for hydroxylation is 1. The van der Waals surface area contributed by atoms with E-state index in [0.717, 1.165) is 34.4 Å². The quantitative estimate of drug-likeness (QED) is 0.349. The molecular formula is C28H33FN2O3S2. The second kappa shape index (κ2) is 10.4. The van der Waals surface area contributed by atoms with Gasteiger partial charge in [-0.15, -0.1) is 11.3 Å². The van der Waals surface area contributed by atoms with E-state index in [9.17, 15) is 17.6 Å². The van der Waals surface area contributed by atoms with Crippen LogP contribution in [0.1, 0.15) is 55.2 Å². The van der Waals surface area contributed by atoms with Crippen LogP contribution in [0.2, 0.25) is 0 Å². The molecule has 5 nitrogen and oxygen atoms in total. The highest BCUT2D eigenvalue weighted by molar-refractivity contribution is 7.89. The molecule has 1 aromatic heterocycles. The number of amides is 1. The summed E-state index contributed by atoms with van der Waals surface area (Å²) < 4.78 is 42.0. The summed E-state index contributed by atoms with van der Waals surface area (Å²) >= 11 is 1.57. The van der Waals surface area contributed by atoms with E-state index in [1.807, 2.05) is 30.5 Å². The third kappa shape index (κ3) is 6.22. The van der Waals surface area contributed by atoms with Gasteiger partial charge in [-0.2, -0.15) is 4.31 Å². The van der Waals surface area contributed by atoms with Crippen LogP contribution in [0.15, 0.2) is 64.9 Å². The molecule has 192 valence electrons. The minimum atomic E-state index is -3.84. The van der Waals surface area contributed by atoms with Crippen LogP contribution in [0, 0.1) is 12.7 Å². The highest BCUT2D eigenvalue weighted by atomic mass is 32.2. The van der Waals surface area contributed by atoms with E-state index in [2.05, 4.69) is 20.8 Å². The third-order valence-corrected chi connectivity index (χ3v) is 9.43. The summed E-state index contributed by atoms with van der Waals surface area (Å²) in [5, 5.41) is 1.98. The van der Waals surface area contributed by atoms with Gasteiger partial charge in [0.25, 0.3) is 0 Å². The number of hydrogen-bond acceptors (Lipinski definition) is 4. The highest BCUT2D eigenvalue weighted by Gasteiger charge is 2.40. The van der Waals surface area contributed by atoms with E-state index in [-0.39, 0.29) is 41.2 Å². The lowest BCUT2D eigenvalue weighted by molar-refractivity contribution is -0.132. The normalized spacial score (nSPS) is 14.3. The summed E-state index contributed by atoms with van der Waals surface area (Å²) in [5.74, 6) is -0.608. The van der Waals surface area contributed by atoms with Crippen LogP contribution in [-0.4, -0.2) is 36.1 Å². The second-order valence-corrected chi connectivity index (χ2v) is 13.4. The highest BCUT2D eigenvalue weighted by Crippen LogP contribution is 2.33. The Labute approximate surface area is 217 Å². The molecule has 3 aromatic rings. The molecule has 36 heavy (non-hydrogen) atoms. The van der Waals surface area contributed by atoms with Crippen molar-refractivity contribution in [2.24, 2.45) is 0 Å². The van der Waals surface area contributed by atoms with Crippen molar-refractivity contribution in [3.8, 4) is 0 Å². The van der Waals surface area contributed by atoms with Crippen LogP contribution in [0.25, 0.3) is 0 Å². The van der Waals surface area contributed by atoms with E-state index in [1.54, 1.807) is 40.5 Å². The average molecular weight is 529 g/mol. The van der Waals surface area contributed by atoms with E-state index >= 15 is 0 Å². The number of thiophene rings is 1. The van der Waals surface area contributed by atoms with Gasteiger partial charge in [0.05, 0.1) is 18.0 Å². The topological polar surface area (TPSA) is 57.7 Å². The molecule has 8 heteroatoms. The Morgan fingerprint density at radius 1 is 1.00 bits per heavy atom. The van der Waals surface area contributed by atoms with E-state index in [0.29, 0.717) is 6.54 Å². The van der Waals surface area contributed by atoms with Crippen LogP contribution < -0.4 is 0 Å². The number of rotatable bonds is 9. The van der Waals surface area contributed by atoms with Gasteiger partial charge < -0.3 is 4.90 Å². The van der Waals surface area contributed by atoms with Crippen molar-refractivity contribution in [1.82, 2.24) is 9.21 Å². The SMILES string of the molecule is Cc1ccsc1CN(Cc1ccc(F)cc1)C(=O)CN(C1CC1)S(=O)(=O)c1ccc(C(C)(C)C)cc1. The predicted octanol–water partition coefficient (Wildman–Crippen LogP) is 5.88. The second-order valence-electron chi connectivity index (χ2n) is 10.5. The van der Waals surface area contributed by atoms with Crippen molar-refractivity contribution in [1.29, 1.82) is 0 Å². The van der Waals surface area contributed by atoms with Gasteiger partial charge in [-0.25, -0.2) is 12.8 Å². The van der Waals surface area contributed by atoms with Gasteiger partial charge in [-0.3, -0.25) is 4.79 Å². The first-order valence-electron chi connectivity index (χ1n) is 12.1. The maximum atomic E-state index is 13.6. The van der Waals surface area contributed by atoms with Crippen LogP contribution in [0.5, 0.6) is 0 Å². The van der Waals surface area contributed by atoms with Gasteiger partial charge in [0.2, 0.25) is 15.9 Å². The molecule has 4 rings (SSSR count). The Kier molecular flexibility index (Phi) is 7.69. The van der Waals surface area contributed by atoms with Crippen LogP contribution >= 0.6 is 11.3 Å². The molecular weight excluding hydrogens is 495 g/mol. The summed E-state index contributed by atoms with van der Waals surface area (Å²) in [6.07, 6.45) is 1.49. The van der Waals surface area contributed by atoms with Gasteiger partial charge in [0.15, 0.2) is 0 Å². The van der Waals surface area contributed by atoms with Crippen molar-refractivity contribution in [3.63, 3.8) is 0 Å². The zero-order chi connectivity index (χ0) is 26.1. The molecule has 1 aliphatic rings. The number of benzene rings is 2. The van der Waals surface area contributed by atoms with Crippen molar-refractivity contribution >= 4 is 27.3 Å². The molecule has 0 unspecified atom stereocenters. The smallest absolute Gasteiger partial charge is 0.243 e. The fourth-order valence-electron chi connectivity index (χ4n) is 4.05. The molecule has 1 aliphatic carbocycles. The number of nitrogens with zero attached hydrogens (tertiary/aromatic N) is 2. The van der Waals surface area contributed by atoms with Crippen molar-refractivity contribution in [2.45, 2.75) is 70.0 Å². The van der Waals surface area contributed by atoms with Crippen LogP contribution in [-0.2, 0) is 33.3 Å². The predicted molar refractivity (Wildman–Crippen MR) is 142 cm³/mol. The molecule has 1 heterocycles. The Morgan fingerprint density at radius 3 is 2.17 bits per heavy atom. The molecule has 0 N–H and O–H groups in total. The standard InChI is InChI=1S/C28H33FN2O3S2/c1-20-15-16-35-26(20)18-30(17-21-5-9-23(29)10-6-21)27(32)19-31(24-11-12-24)36(33,34)25-13-7-22(8-14-25)28(2,3)4/h5-10,13-16,24H,11-12,17-19H2,1-4H3. The first-order chi connectivity index (χ1) is 16.9. The van der Waals surface area contributed by atoms with E-state index in [4.69, 9.17) is 0 Å². The van der Waals surface area contributed by atoms with Crippen molar-refractivity contribution in [3.05, 3.63) is 87.4 Å². The van der Waals surface area contributed by atoms with Crippen molar-refractivity contribution in [2.75, 3.05) is 6.54 Å². The number of hydrogen-bond donors (Lipinski definition) is 0. The molecule has 1 fully saturated rings. The molecule has 2 aromatic carbocycles. The lowest BCUT2D eigenvalue weighted by Crippen LogP contribution is -2.43. The lowest BCUT2D eigenvalue weighted by Gasteiger charge is -2.28. The summed E-state index contributed by atoms with van der Waals surface area (Å²) in [4.78, 5) is 16.5. The Morgan fingerprint density at radius 2 is 1.64 bits per heavy atom. The zero-order valence-electron chi connectivity index (χ0n) is 21.2. The molecule has 0 radical (unpaired) electrons. The van der Waals surface area contributed by atoms with E-state index < -0.39 is 10.0 Å². The zero-order valence-corrected chi connectivity index (χ0v) is 22.8. The minimum Gasteiger partial charge on any atom is -0.332 e. The molecule has 0 atom stereocenters. The third-order valence-electron chi connectivity index (χ3n) is 6.51. The monoisotopic (exact) mass is 528 g/mol. The van der Waals surface area contributed by atoms with Gasteiger partial charge in [0.1, 0.15) is 5.82 Å². The van der Waals surface area contributed by atoms with Gasteiger partial charge in [-0.05, 0) is 77.6 Å². The molecule has 0 saturated heterocycles. The summed E-state index contributed by atoms with van der Waals surface area (Å²) in [7, 11) is -3.84. The Balaban J connectivity index is 1.58. The summed E-state index contributed by atoms with van der Waals surface area (Å²) in [5.41, 5.74) is 2.84. The largest absolute Gasteiger partial charge is 0.332 e. The molecule has 0 aliphatic heterocycles. The fourth-order valence-corrected chi connectivity index (χ4v) is 6.61. The Bertz CT molecular complexity index is 1310. The average Bonchev–Trinajstić information content (AvgIpc) is 3.59. The van der Waals surface area contributed by atoms with Gasteiger partial charge in [-0.1, -0.05) is 45.0 Å². The maximum absolute atomic E-state index is 13.6. The fraction of sp³-hybridized carbons (Fsp3) is 0.393. The first kappa shape index (κ1) is 26.5. The summed E-state index contributed by atoms with van der Waals surface area (Å²) in [6.45, 7) is 8.66. The number of halogens is 1. The number of carbonyl (C=O) groups excluding carboxylic acids is 1. The maximum Gasteiger partial charge on any atom is 0.243 e. The number of sulfonamides is 1. The van der Waals surface area contributed by atoms with Gasteiger partial charge in [0, 0.05) is 17.5 Å². The van der Waals surface area contributed by atoms with Gasteiger partial charge >= 0.3 is 0 Å². The lowest BCUT2D eigenvalue weighted by atomic mass is 9.87. The van der Waals surface area contributed by atoms with Crippen LogP contribution in [0.3, 0.4) is 0 Å². The van der Waals surface area contributed by atoms with Crippen LogP contribution in [0.4, 0.5) is 4.39 Å². The Hall–Kier alpha value is -2.55. The number of carbonyl (C=O) groups is 1. The molecule has 1 amide bonds. The van der Waals surface area contributed by atoms with E-state index in [1.165, 1.54) is 16.4 Å². The molecule has 0 spiro atoms. The summed E-state index contributed by atoms with van der Waals surface area (Å²) in [6, 6.07) is 14.9. The minimum absolute atomic E-state index is 0.0881.